The summed E-state index contributed by atoms with van der Waals surface area (Å²) >= 11 is 1.45. The molecule has 1 N–H and O–H groups in total. The van der Waals surface area contributed by atoms with Gasteiger partial charge in [-0.05, 0) is 54.1 Å². The highest BCUT2D eigenvalue weighted by Gasteiger charge is 2.17. The second kappa shape index (κ2) is 11.4. The Morgan fingerprint density at radius 3 is 2.39 bits per heavy atom. The highest BCUT2D eigenvalue weighted by Crippen LogP contribution is 2.27. The molecule has 0 aliphatic heterocycles. The van der Waals surface area contributed by atoms with E-state index in [2.05, 4.69) is 15.5 Å². The third kappa shape index (κ3) is 5.81. The molecule has 3 aromatic carbocycles. The molecule has 11 heteroatoms. The predicted molar refractivity (Wildman–Crippen MR) is 135 cm³/mol. The molecule has 184 valence electrons. The molecule has 0 spiro atoms. The molecule has 0 radical (unpaired) electrons. The Balaban J connectivity index is 1.57. The van der Waals surface area contributed by atoms with Gasteiger partial charge in [-0.3, -0.25) is 19.5 Å². The van der Waals surface area contributed by atoms with Crippen molar-refractivity contribution >= 4 is 23.4 Å². The molecule has 10 nitrogen and oxygen atoms in total. The number of carbonyl (C=O) groups is 1. The Bertz CT molecular complexity index is 1360. The van der Waals surface area contributed by atoms with Crippen molar-refractivity contribution in [2.45, 2.75) is 17.5 Å². The summed E-state index contributed by atoms with van der Waals surface area (Å²) in [5.41, 5.74) is 2.14. The van der Waals surface area contributed by atoms with Crippen LogP contribution in [0.3, 0.4) is 0 Å². The third-order valence-electron chi connectivity index (χ3n) is 5.28. The zero-order valence-corrected chi connectivity index (χ0v) is 20.4. The number of ether oxygens (including phenoxy) is 2. The summed E-state index contributed by atoms with van der Waals surface area (Å²) in [6.45, 7) is 0.106. The van der Waals surface area contributed by atoms with E-state index in [1.54, 1.807) is 55.2 Å². The lowest BCUT2D eigenvalue weighted by atomic mass is 10.2. The van der Waals surface area contributed by atoms with Gasteiger partial charge in [0.25, 0.3) is 11.6 Å². The van der Waals surface area contributed by atoms with Gasteiger partial charge in [0.05, 0.1) is 25.7 Å². The molecule has 1 amide bonds. The zero-order chi connectivity index (χ0) is 25.5. The van der Waals surface area contributed by atoms with Crippen LogP contribution in [0.2, 0.25) is 0 Å². The third-order valence-corrected chi connectivity index (χ3v) is 6.28. The monoisotopic (exact) mass is 505 g/mol. The van der Waals surface area contributed by atoms with E-state index in [4.69, 9.17) is 9.47 Å². The summed E-state index contributed by atoms with van der Waals surface area (Å²) in [5, 5.41) is 23.2. The first kappa shape index (κ1) is 24.7. The fraction of sp³-hybridized carbons (Fsp3) is 0.160. The molecule has 0 aliphatic rings. The number of carbonyl (C=O) groups excluding carboxylic acids is 1. The first-order chi connectivity index (χ1) is 17.5. The number of benzene rings is 3. The van der Waals surface area contributed by atoms with Crippen LogP contribution >= 0.6 is 11.8 Å². The summed E-state index contributed by atoms with van der Waals surface area (Å²) < 4.78 is 12.2. The lowest BCUT2D eigenvalue weighted by molar-refractivity contribution is -0.384. The topological polar surface area (TPSA) is 121 Å². The van der Waals surface area contributed by atoms with Crippen molar-refractivity contribution in [3.05, 3.63) is 99.9 Å². The van der Waals surface area contributed by atoms with E-state index < -0.39 is 4.92 Å². The molecular formula is C25H23N5O5S. The normalized spacial score (nSPS) is 10.6. The number of nitro benzene ring substituents is 1. The van der Waals surface area contributed by atoms with Gasteiger partial charge in [-0.1, -0.05) is 23.9 Å². The van der Waals surface area contributed by atoms with E-state index >= 15 is 0 Å². The Morgan fingerprint density at radius 1 is 1.00 bits per heavy atom. The summed E-state index contributed by atoms with van der Waals surface area (Å²) in [4.78, 5) is 23.3. The number of hydrogen-bond acceptors (Lipinski definition) is 8. The van der Waals surface area contributed by atoms with E-state index in [-0.39, 0.29) is 18.1 Å². The maximum atomic E-state index is 12.7. The molecule has 36 heavy (non-hydrogen) atoms. The predicted octanol–water partition coefficient (Wildman–Crippen LogP) is 4.42. The fourth-order valence-electron chi connectivity index (χ4n) is 3.40. The van der Waals surface area contributed by atoms with Crippen LogP contribution in [-0.2, 0) is 12.3 Å². The number of rotatable bonds is 10. The van der Waals surface area contributed by atoms with Gasteiger partial charge in [0.2, 0.25) is 0 Å². The van der Waals surface area contributed by atoms with Gasteiger partial charge in [-0.2, -0.15) is 0 Å². The largest absolute Gasteiger partial charge is 0.497 e. The minimum atomic E-state index is -0.454. The highest BCUT2D eigenvalue weighted by molar-refractivity contribution is 7.98. The minimum Gasteiger partial charge on any atom is -0.497 e. The number of nitrogens with one attached hydrogen (secondary N) is 1. The standard InChI is InChI=1S/C25H23N5O5S/c1-34-21-12-6-18(7-13-21)24(31)26-15-23-27-28-25(36-16-17-4-3-5-22(14-17)35-2)29(23)19-8-10-20(11-9-19)30(32)33/h3-14H,15-16H2,1-2H3,(H,26,31). The summed E-state index contributed by atoms with van der Waals surface area (Å²) in [6, 6.07) is 20.6. The Kier molecular flexibility index (Phi) is 7.81. The average molecular weight is 506 g/mol. The van der Waals surface area contributed by atoms with Gasteiger partial charge in [0.15, 0.2) is 11.0 Å². The van der Waals surface area contributed by atoms with Gasteiger partial charge in [-0.15, -0.1) is 10.2 Å². The second-order valence-electron chi connectivity index (χ2n) is 7.56. The van der Waals surface area contributed by atoms with Gasteiger partial charge in [0, 0.05) is 29.1 Å². The second-order valence-corrected chi connectivity index (χ2v) is 8.50. The van der Waals surface area contributed by atoms with Crippen molar-refractivity contribution in [3.63, 3.8) is 0 Å². The van der Waals surface area contributed by atoms with Crippen LogP contribution in [0.1, 0.15) is 21.7 Å². The van der Waals surface area contributed by atoms with E-state index in [0.29, 0.717) is 33.7 Å². The number of nitrogens with zero attached hydrogens (tertiary/aromatic N) is 4. The van der Waals surface area contributed by atoms with Crippen molar-refractivity contribution in [3.8, 4) is 17.2 Å². The van der Waals surface area contributed by atoms with Gasteiger partial charge < -0.3 is 14.8 Å². The molecule has 0 unspecified atom stereocenters. The van der Waals surface area contributed by atoms with E-state index in [1.165, 1.54) is 23.9 Å². The Morgan fingerprint density at radius 2 is 1.72 bits per heavy atom. The number of methoxy groups -OCH3 is 2. The van der Waals surface area contributed by atoms with Crippen molar-refractivity contribution in [2.24, 2.45) is 0 Å². The number of nitro groups is 1. The van der Waals surface area contributed by atoms with E-state index in [1.807, 2.05) is 24.3 Å². The summed E-state index contributed by atoms with van der Waals surface area (Å²) in [5.74, 6) is 2.22. The molecule has 1 heterocycles. The highest BCUT2D eigenvalue weighted by atomic mass is 32.2. The molecule has 0 saturated heterocycles. The van der Waals surface area contributed by atoms with Crippen LogP contribution in [0.25, 0.3) is 5.69 Å². The minimum absolute atomic E-state index is 0.0215. The van der Waals surface area contributed by atoms with E-state index in [9.17, 15) is 14.9 Å². The number of thioether (sulfide) groups is 1. The van der Waals surface area contributed by atoms with Crippen molar-refractivity contribution < 1.29 is 19.2 Å². The maximum absolute atomic E-state index is 12.7. The Hall–Kier alpha value is -4.38. The maximum Gasteiger partial charge on any atom is 0.269 e. The molecule has 4 aromatic rings. The molecule has 4 rings (SSSR count). The first-order valence-electron chi connectivity index (χ1n) is 10.9. The quantitative estimate of drug-likeness (QED) is 0.191. The fourth-order valence-corrected chi connectivity index (χ4v) is 4.32. The van der Waals surface area contributed by atoms with Gasteiger partial charge in [0.1, 0.15) is 11.5 Å². The molecule has 0 aliphatic carbocycles. The lowest BCUT2D eigenvalue weighted by Crippen LogP contribution is -2.24. The van der Waals surface area contributed by atoms with Crippen LogP contribution in [0.15, 0.2) is 78.0 Å². The Labute approximate surface area is 211 Å². The number of aromatic nitrogens is 3. The van der Waals surface area contributed by atoms with Crippen molar-refractivity contribution in [1.29, 1.82) is 0 Å². The molecule has 1 aromatic heterocycles. The molecular weight excluding hydrogens is 482 g/mol. The zero-order valence-electron chi connectivity index (χ0n) is 19.6. The van der Waals surface area contributed by atoms with Crippen molar-refractivity contribution in [1.82, 2.24) is 20.1 Å². The molecule has 0 saturated carbocycles. The van der Waals surface area contributed by atoms with E-state index in [0.717, 1.165) is 11.3 Å². The SMILES string of the molecule is COc1ccc(C(=O)NCc2nnc(SCc3cccc(OC)c3)n2-c2ccc([N+](=O)[O-])cc2)cc1. The average Bonchev–Trinajstić information content (AvgIpc) is 3.33. The van der Waals surface area contributed by atoms with Gasteiger partial charge >= 0.3 is 0 Å². The number of hydrogen-bond donors (Lipinski definition) is 1. The molecule has 0 fully saturated rings. The smallest absolute Gasteiger partial charge is 0.269 e. The first-order valence-corrected chi connectivity index (χ1v) is 11.8. The van der Waals surface area contributed by atoms with Crippen LogP contribution < -0.4 is 14.8 Å². The molecule has 0 bridgehead atoms. The lowest BCUT2D eigenvalue weighted by Gasteiger charge is -2.11. The number of amides is 1. The summed E-state index contributed by atoms with van der Waals surface area (Å²) in [7, 11) is 3.17. The van der Waals surface area contributed by atoms with Crippen LogP contribution in [-0.4, -0.2) is 39.8 Å². The summed E-state index contributed by atoms with van der Waals surface area (Å²) in [6.07, 6.45) is 0. The number of non-ortho nitro benzene ring substituents is 1. The van der Waals surface area contributed by atoms with Gasteiger partial charge in [-0.25, -0.2) is 0 Å². The van der Waals surface area contributed by atoms with Crippen LogP contribution in [0.5, 0.6) is 11.5 Å². The van der Waals surface area contributed by atoms with Crippen molar-refractivity contribution in [2.75, 3.05) is 14.2 Å². The van der Waals surface area contributed by atoms with Crippen LogP contribution in [0, 0.1) is 10.1 Å². The molecule has 0 atom stereocenters. The van der Waals surface area contributed by atoms with Crippen LogP contribution in [0.4, 0.5) is 5.69 Å².